The summed E-state index contributed by atoms with van der Waals surface area (Å²) in [4.78, 5) is 11.2. The molecule has 0 bridgehead atoms. The van der Waals surface area contributed by atoms with Gasteiger partial charge in [-0.1, -0.05) is 19.3 Å². The highest BCUT2D eigenvalue weighted by molar-refractivity contribution is 5.78. The summed E-state index contributed by atoms with van der Waals surface area (Å²) >= 11 is 0. The largest absolute Gasteiger partial charge is 0.481 e. The Hall–Kier alpha value is -0.610. The van der Waals surface area contributed by atoms with Crippen LogP contribution in [0.5, 0.6) is 0 Å². The molecular weight excluding hydrogens is 182 g/mol. The van der Waals surface area contributed by atoms with Gasteiger partial charge >= 0.3 is 5.97 Å². The predicted octanol–water partition coefficient (Wildman–Crippen LogP) is 0.356. The van der Waals surface area contributed by atoms with Crippen molar-refractivity contribution in [2.45, 2.75) is 37.7 Å². The van der Waals surface area contributed by atoms with Crippen LogP contribution in [0.4, 0.5) is 0 Å². The maximum absolute atomic E-state index is 11.2. The summed E-state index contributed by atoms with van der Waals surface area (Å²) in [5.74, 6) is -0.847. The number of carboxylic acid groups (broad SMARTS) is 1. The van der Waals surface area contributed by atoms with Crippen molar-refractivity contribution in [1.82, 2.24) is 5.32 Å². The van der Waals surface area contributed by atoms with Crippen LogP contribution in [0.15, 0.2) is 0 Å². The van der Waals surface area contributed by atoms with Crippen LogP contribution in [0.25, 0.3) is 0 Å². The van der Waals surface area contributed by atoms with E-state index in [9.17, 15) is 15.0 Å². The summed E-state index contributed by atoms with van der Waals surface area (Å²) in [5, 5.41) is 22.6. The number of hydrogen-bond acceptors (Lipinski definition) is 3. The molecule has 1 saturated heterocycles. The number of rotatable bonds is 2. The Kier molecular flexibility index (Phi) is 2.27. The number of aliphatic hydroxyl groups is 1. The standard InChI is InChI=1S/C10H17NO3/c12-8(13)9(6-11-7-9)10(14)4-2-1-3-5-10/h11,14H,1-7H2,(H,12,13). The summed E-state index contributed by atoms with van der Waals surface area (Å²) in [6.07, 6.45) is 4.30. The van der Waals surface area contributed by atoms with E-state index in [2.05, 4.69) is 5.32 Å². The van der Waals surface area contributed by atoms with E-state index < -0.39 is 17.0 Å². The van der Waals surface area contributed by atoms with E-state index in [1.54, 1.807) is 0 Å². The lowest BCUT2D eigenvalue weighted by atomic mass is 9.61. The SMILES string of the molecule is O=C(O)C1(C2(O)CCCCC2)CNC1. The number of hydrogen-bond donors (Lipinski definition) is 3. The highest BCUT2D eigenvalue weighted by atomic mass is 16.4. The number of carbonyl (C=O) groups is 1. The normalized spacial score (nSPS) is 29.2. The van der Waals surface area contributed by atoms with Crippen LogP contribution in [0, 0.1) is 5.41 Å². The van der Waals surface area contributed by atoms with Gasteiger partial charge in [-0.25, -0.2) is 0 Å². The van der Waals surface area contributed by atoms with Gasteiger partial charge in [-0.05, 0) is 12.8 Å². The van der Waals surface area contributed by atoms with Gasteiger partial charge in [0.2, 0.25) is 0 Å². The zero-order valence-electron chi connectivity index (χ0n) is 8.25. The van der Waals surface area contributed by atoms with E-state index in [1.165, 1.54) is 0 Å². The molecule has 2 aliphatic rings. The molecule has 3 N–H and O–H groups in total. The van der Waals surface area contributed by atoms with Crippen molar-refractivity contribution in [3.8, 4) is 0 Å². The van der Waals surface area contributed by atoms with Crippen molar-refractivity contribution in [3.63, 3.8) is 0 Å². The lowest BCUT2D eigenvalue weighted by Crippen LogP contribution is -2.70. The number of carboxylic acids is 1. The second-order valence-electron chi connectivity index (χ2n) is 4.58. The Bertz CT molecular complexity index is 242. The molecule has 0 aromatic rings. The molecule has 4 heteroatoms. The summed E-state index contributed by atoms with van der Waals surface area (Å²) < 4.78 is 0. The molecule has 1 aliphatic heterocycles. The predicted molar refractivity (Wildman–Crippen MR) is 51.0 cm³/mol. The van der Waals surface area contributed by atoms with Gasteiger partial charge in [-0.3, -0.25) is 4.79 Å². The van der Waals surface area contributed by atoms with Crippen LogP contribution in [-0.2, 0) is 4.79 Å². The minimum atomic E-state index is -0.970. The smallest absolute Gasteiger partial charge is 0.315 e. The topological polar surface area (TPSA) is 69.6 Å². The van der Waals surface area contributed by atoms with Crippen LogP contribution in [0.1, 0.15) is 32.1 Å². The Morgan fingerprint density at radius 1 is 1.14 bits per heavy atom. The van der Waals surface area contributed by atoms with Gasteiger partial charge in [0.1, 0.15) is 5.41 Å². The maximum atomic E-state index is 11.2. The zero-order chi connectivity index (χ0) is 10.2. The molecule has 0 unspecified atom stereocenters. The first kappa shape index (κ1) is 9.93. The van der Waals surface area contributed by atoms with Gasteiger partial charge in [0.05, 0.1) is 5.60 Å². The highest BCUT2D eigenvalue weighted by Crippen LogP contribution is 2.45. The Morgan fingerprint density at radius 3 is 2.07 bits per heavy atom. The number of nitrogens with one attached hydrogen (secondary N) is 1. The van der Waals surface area contributed by atoms with E-state index in [-0.39, 0.29) is 0 Å². The van der Waals surface area contributed by atoms with Gasteiger partial charge in [0.15, 0.2) is 0 Å². The van der Waals surface area contributed by atoms with Crippen molar-refractivity contribution in [3.05, 3.63) is 0 Å². The second kappa shape index (κ2) is 3.21. The Morgan fingerprint density at radius 2 is 1.71 bits per heavy atom. The first-order chi connectivity index (χ1) is 6.61. The third kappa shape index (κ3) is 1.17. The average molecular weight is 199 g/mol. The van der Waals surface area contributed by atoms with Crippen LogP contribution < -0.4 is 5.32 Å². The third-order valence-corrected chi connectivity index (χ3v) is 3.83. The van der Waals surface area contributed by atoms with Crippen LogP contribution in [-0.4, -0.2) is 34.9 Å². The molecule has 0 atom stereocenters. The summed E-state index contributed by atoms with van der Waals surface area (Å²) in [5.41, 5.74) is -1.88. The fraction of sp³-hybridized carbons (Fsp3) is 0.900. The van der Waals surface area contributed by atoms with E-state index in [4.69, 9.17) is 0 Å². The molecule has 14 heavy (non-hydrogen) atoms. The molecule has 0 aromatic heterocycles. The molecule has 80 valence electrons. The van der Waals surface area contributed by atoms with Crippen molar-refractivity contribution < 1.29 is 15.0 Å². The van der Waals surface area contributed by atoms with Gasteiger partial charge in [0, 0.05) is 13.1 Å². The average Bonchev–Trinajstić information content (AvgIpc) is 2.01. The lowest BCUT2D eigenvalue weighted by molar-refractivity contribution is -0.184. The van der Waals surface area contributed by atoms with E-state index in [1.807, 2.05) is 0 Å². The van der Waals surface area contributed by atoms with Gasteiger partial charge in [-0.2, -0.15) is 0 Å². The van der Waals surface area contributed by atoms with Crippen molar-refractivity contribution in [2.75, 3.05) is 13.1 Å². The monoisotopic (exact) mass is 199 g/mol. The molecule has 0 radical (unpaired) electrons. The highest BCUT2D eigenvalue weighted by Gasteiger charge is 2.59. The van der Waals surface area contributed by atoms with E-state index >= 15 is 0 Å². The van der Waals surface area contributed by atoms with Crippen molar-refractivity contribution in [2.24, 2.45) is 5.41 Å². The van der Waals surface area contributed by atoms with Crippen LogP contribution >= 0.6 is 0 Å². The van der Waals surface area contributed by atoms with E-state index in [0.717, 1.165) is 19.3 Å². The minimum Gasteiger partial charge on any atom is -0.481 e. The van der Waals surface area contributed by atoms with Gasteiger partial charge in [-0.15, -0.1) is 0 Å². The fourth-order valence-corrected chi connectivity index (χ4v) is 2.67. The first-order valence-corrected chi connectivity index (χ1v) is 5.27. The molecule has 0 spiro atoms. The third-order valence-electron chi connectivity index (χ3n) is 3.83. The maximum Gasteiger partial charge on any atom is 0.315 e. The van der Waals surface area contributed by atoms with Crippen LogP contribution in [0.2, 0.25) is 0 Å². The Labute approximate surface area is 83.3 Å². The lowest BCUT2D eigenvalue weighted by Gasteiger charge is -2.51. The molecule has 0 aromatic carbocycles. The summed E-state index contributed by atoms with van der Waals surface area (Å²) in [6, 6.07) is 0. The van der Waals surface area contributed by atoms with Crippen molar-refractivity contribution in [1.29, 1.82) is 0 Å². The molecular formula is C10H17NO3. The minimum absolute atomic E-state index is 0.416. The number of aliphatic carboxylic acids is 1. The first-order valence-electron chi connectivity index (χ1n) is 5.27. The quantitative estimate of drug-likeness (QED) is 0.600. The Balaban J connectivity index is 2.21. The molecule has 1 aliphatic carbocycles. The second-order valence-corrected chi connectivity index (χ2v) is 4.58. The summed E-state index contributed by atoms with van der Waals surface area (Å²) in [6.45, 7) is 0.831. The summed E-state index contributed by atoms with van der Waals surface area (Å²) in [7, 11) is 0. The zero-order valence-corrected chi connectivity index (χ0v) is 8.25. The molecule has 2 rings (SSSR count). The van der Waals surface area contributed by atoms with Crippen LogP contribution in [0.3, 0.4) is 0 Å². The molecule has 0 amide bonds. The van der Waals surface area contributed by atoms with E-state index in [0.29, 0.717) is 25.9 Å². The van der Waals surface area contributed by atoms with Crippen molar-refractivity contribution >= 4 is 5.97 Å². The molecule has 1 heterocycles. The molecule has 4 nitrogen and oxygen atoms in total. The van der Waals surface area contributed by atoms with Gasteiger partial charge in [0.25, 0.3) is 0 Å². The molecule has 1 saturated carbocycles. The molecule has 2 fully saturated rings. The fourth-order valence-electron chi connectivity index (χ4n) is 2.67. The van der Waals surface area contributed by atoms with Gasteiger partial charge < -0.3 is 15.5 Å².